The quantitative estimate of drug-likeness (QED) is 0.737. The third-order valence-corrected chi connectivity index (χ3v) is 2.64. The number of anilines is 1. The minimum Gasteiger partial charge on any atom is -0.385 e. The van der Waals surface area contributed by atoms with Crippen molar-refractivity contribution in [3.05, 3.63) is 30.3 Å². The molecule has 2 nitrogen and oxygen atoms in total. The summed E-state index contributed by atoms with van der Waals surface area (Å²) in [6.45, 7) is 1.07. The molecule has 1 aliphatic rings. The van der Waals surface area contributed by atoms with Crippen molar-refractivity contribution < 1.29 is 0 Å². The van der Waals surface area contributed by atoms with Crippen molar-refractivity contribution in [2.45, 2.75) is 18.9 Å². The van der Waals surface area contributed by atoms with Crippen LogP contribution in [0.25, 0.3) is 0 Å². The molecule has 70 valence electrons. The molecule has 1 saturated carbocycles. The zero-order valence-corrected chi connectivity index (χ0v) is 7.74. The Morgan fingerprint density at radius 2 is 1.92 bits per heavy atom. The summed E-state index contributed by atoms with van der Waals surface area (Å²) in [5.74, 6) is 0.787. The Morgan fingerprint density at radius 1 is 1.23 bits per heavy atom. The molecule has 0 atom stereocenters. The Kier molecular flexibility index (Phi) is 2.50. The predicted molar refractivity (Wildman–Crippen MR) is 55.6 cm³/mol. The van der Waals surface area contributed by atoms with E-state index in [4.69, 9.17) is 5.73 Å². The molecular weight excluding hydrogens is 160 g/mol. The minimum atomic E-state index is 0.461. The normalized spacial score (nSPS) is 26.5. The summed E-state index contributed by atoms with van der Waals surface area (Å²) in [5.41, 5.74) is 6.92. The summed E-state index contributed by atoms with van der Waals surface area (Å²) >= 11 is 0. The third kappa shape index (κ3) is 2.22. The number of para-hydroxylation sites is 1. The van der Waals surface area contributed by atoms with Crippen LogP contribution in [-0.4, -0.2) is 12.6 Å². The minimum absolute atomic E-state index is 0.461. The molecule has 0 unspecified atom stereocenters. The number of nitrogens with one attached hydrogen (secondary N) is 1. The van der Waals surface area contributed by atoms with Crippen LogP contribution in [-0.2, 0) is 0 Å². The largest absolute Gasteiger partial charge is 0.385 e. The van der Waals surface area contributed by atoms with Gasteiger partial charge >= 0.3 is 0 Å². The first-order valence-electron chi connectivity index (χ1n) is 4.89. The summed E-state index contributed by atoms with van der Waals surface area (Å²) in [7, 11) is 0. The lowest BCUT2D eigenvalue weighted by atomic mass is 9.81. The number of hydrogen-bond donors (Lipinski definition) is 2. The van der Waals surface area contributed by atoms with Crippen LogP contribution in [0.15, 0.2) is 30.3 Å². The molecular formula is C11H16N2. The maximum Gasteiger partial charge on any atom is 0.0340 e. The maximum atomic E-state index is 5.71. The van der Waals surface area contributed by atoms with Crippen LogP contribution in [0.1, 0.15) is 12.8 Å². The Morgan fingerprint density at radius 3 is 2.54 bits per heavy atom. The molecule has 0 aliphatic heterocycles. The Balaban J connectivity index is 1.74. The van der Waals surface area contributed by atoms with Crippen LogP contribution in [0.2, 0.25) is 0 Å². The SMILES string of the molecule is NC1CC(CNc2ccccc2)C1. The van der Waals surface area contributed by atoms with Gasteiger partial charge in [-0.25, -0.2) is 0 Å². The summed E-state index contributed by atoms with van der Waals surface area (Å²) in [5, 5.41) is 3.41. The van der Waals surface area contributed by atoms with Gasteiger partial charge in [0.15, 0.2) is 0 Å². The molecule has 0 saturated heterocycles. The van der Waals surface area contributed by atoms with E-state index in [0.29, 0.717) is 6.04 Å². The fourth-order valence-electron chi connectivity index (χ4n) is 1.77. The highest BCUT2D eigenvalue weighted by Gasteiger charge is 2.25. The van der Waals surface area contributed by atoms with E-state index in [1.165, 1.54) is 18.5 Å². The van der Waals surface area contributed by atoms with Gasteiger partial charge in [-0.2, -0.15) is 0 Å². The van der Waals surface area contributed by atoms with Crippen molar-refractivity contribution in [3.63, 3.8) is 0 Å². The molecule has 13 heavy (non-hydrogen) atoms. The molecule has 1 fully saturated rings. The van der Waals surface area contributed by atoms with E-state index < -0.39 is 0 Å². The summed E-state index contributed by atoms with van der Waals surface area (Å²) in [6.07, 6.45) is 2.36. The first-order chi connectivity index (χ1) is 6.34. The topological polar surface area (TPSA) is 38.0 Å². The van der Waals surface area contributed by atoms with Crippen molar-refractivity contribution in [2.75, 3.05) is 11.9 Å². The van der Waals surface area contributed by atoms with Crippen molar-refractivity contribution in [1.82, 2.24) is 0 Å². The lowest BCUT2D eigenvalue weighted by molar-refractivity contribution is 0.280. The molecule has 2 rings (SSSR count). The van der Waals surface area contributed by atoms with Gasteiger partial charge in [0.2, 0.25) is 0 Å². The smallest absolute Gasteiger partial charge is 0.0340 e. The van der Waals surface area contributed by atoms with Gasteiger partial charge in [0, 0.05) is 18.3 Å². The van der Waals surface area contributed by atoms with E-state index in [2.05, 4.69) is 29.6 Å². The monoisotopic (exact) mass is 176 g/mol. The van der Waals surface area contributed by atoms with Gasteiger partial charge in [-0.3, -0.25) is 0 Å². The number of nitrogens with two attached hydrogens (primary N) is 1. The van der Waals surface area contributed by atoms with E-state index in [1.54, 1.807) is 0 Å². The van der Waals surface area contributed by atoms with Crippen LogP contribution >= 0.6 is 0 Å². The first-order valence-corrected chi connectivity index (χ1v) is 4.89. The van der Waals surface area contributed by atoms with Gasteiger partial charge in [0.1, 0.15) is 0 Å². The van der Waals surface area contributed by atoms with Gasteiger partial charge in [-0.05, 0) is 30.9 Å². The van der Waals surface area contributed by atoms with E-state index >= 15 is 0 Å². The Labute approximate surface area is 79.1 Å². The van der Waals surface area contributed by atoms with E-state index in [0.717, 1.165) is 12.5 Å². The standard InChI is InChI=1S/C11H16N2/c12-10-6-9(7-10)8-13-11-4-2-1-3-5-11/h1-5,9-10,13H,6-8,12H2. The molecule has 0 radical (unpaired) electrons. The second-order valence-electron chi connectivity index (χ2n) is 3.84. The molecule has 2 heteroatoms. The average molecular weight is 176 g/mol. The Hall–Kier alpha value is -1.02. The van der Waals surface area contributed by atoms with Crippen LogP contribution in [0.5, 0.6) is 0 Å². The van der Waals surface area contributed by atoms with Gasteiger partial charge in [0.05, 0.1) is 0 Å². The molecule has 1 aromatic rings. The highest BCUT2D eigenvalue weighted by molar-refractivity contribution is 5.42. The predicted octanol–water partition coefficient (Wildman–Crippen LogP) is 1.84. The summed E-state index contributed by atoms with van der Waals surface area (Å²) in [6, 6.07) is 10.8. The van der Waals surface area contributed by atoms with Crippen LogP contribution < -0.4 is 11.1 Å². The lowest BCUT2D eigenvalue weighted by Gasteiger charge is -2.32. The van der Waals surface area contributed by atoms with Gasteiger partial charge in [-0.1, -0.05) is 18.2 Å². The van der Waals surface area contributed by atoms with Crippen LogP contribution in [0.3, 0.4) is 0 Å². The molecule has 0 aromatic heterocycles. The fourth-order valence-corrected chi connectivity index (χ4v) is 1.77. The molecule has 0 spiro atoms. The molecule has 0 amide bonds. The number of hydrogen-bond acceptors (Lipinski definition) is 2. The van der Waals surface area contributed by atoms with Gasteiger partial charge in [-0.15, -0.1) is 0 Å². The number of rotatable bonds is 3. The molecule has 1 aromatic carbocycles. The van der Waals surface area contributed by atoms with Gasteiger partial charge < -0.3 is 11.1 Å². The first kappa shape index (κ1) is 8.57. The van der Waals surface area contributed by atoms with Crippen molar-refractivity contribution >= 4 is 5.69 Å². The third-order valence-electron chi connectivity index (χ3n) is 2.64. The molecule has 3 N–H and O–H groups in total. The van der Waals surface area contributed by atoms with Crippen LogP contribution in [0.4, 0.5) is 5.69 Å². The summed E-state index contributed by atoms with van der Waals surface area (Å²) in [4.78, 5) is 0. The maximum absolute atomic E-state index is 5.71. The highest BCUT2D eigenvalue weighted by Crippen LogP contribution is 2.25. The Bertz CT molecular complexity index is 252. The van der Waals surface area contributed by atoms with Crippen molar-refractivity contribution in [1.29, 1.82) is 0 Å². The van der Waals surface area contributed by atoms with E-state index in [-0.39, 0.29) is 0 Å². The van der Waals surface area contributed by atoms with E-state index in [1.807, 2.05) is 6.07 Å². The fraction of sp³-hybridized carbons (Fsp3) is 0.455. The van der Waals surface area contributed by atoms with Crippen LogP contribution in [0, 0.1) is 5.92 Å². The second-order valence-corrected chi connectivity index (χ2v) is 3.84. The zero-order valence-electron chi connectivity index (χ0n) is 7.74. The molecule has 0 heterocycles. The second kappa shape index (κ2) is 3.79. The highest BCUT2D eigenvalue weighted by atomic mass is 14.9. The number of benzene rings is 1. The van der Waals surface area contributed by atoms with Crippen molar-refractivity contribution in [3.8, 4) is 0 Å². The summed E-state index contributed by atoms with van der Waals surface area (Å²) < 4.78 is 0. The molecule has 0 bridgehead atoms. The molecule has 1 aliphatic carbocycles. The zero-order chi connectivity index (χ0) is 9.10. The van der Waals surface area contributed by atoms with Gasteiger partial charge in [0.25, 0.3) is 0 Å². The average Bonchev–Trinajstić information content (AvgIpc) is 2.12. The lowest BCUT2D eigenvalue weighted by Crippen LogP contribution is -2.39. The van der Waals surface area contributed by atoms with Crippen molar-refractivity contribution in [2.24, 2.45) is 11.7 Å². The van der Waals surface area contributed by atoms with E-state index in [9.17, 15) is 0 Å².